The van der Waals surface area contributed by atoms with E-state index in [0.29, 0.717) is 5.95 Å². The second-order valence-electron chi connectivity index (χ2n) is 11.1. The quantitative estimate of drug-likeness (QED) is 0.214. The van der Waals surface area contributed by atoms with Crippen molar-refractivity contribution < 1.29 is 0 Å². The summed E-state index contributed by atoms with van der Waals surface area (Å²) in [5, 5.41) is 4.75. The molecule has 3 aromatic heterocycles. The molecule has 0 saturated heterocycles. The van der Waals surface area contributed by atoms with E-state index in [1.807, 2.05) is 12.1 Å². The molecule has 0 aliphatic rings. The largest absolute Gasteiger partial charge is 0.307 e. The Hall–Kier alpha value is -6.00. The van der Waals surface area contributed by atoms with Gasteiger partial charge in [-0.15, -0.1) is 0 Å². The Morgan fingerprint density at radius 2 is 0.977 bits per heavy atom. The van der Waals surface area contributed by atoms with Crippen molar-refractivity contribution in [3.8, 4) is 34.2 Å². The highest BCUT2D eigenvalue weighted by Gasteiger charge is 2.25. The lowest BCUT2D eigenvalue weighted by molar-refractivity contribution is 0.998. The zero-order valence-electron chi connectivity index (χ0n) is 23.8. The smallest absolute Gasteiger partial charge is 0.235 e. The number of hydrogen-bond donors (Lipinski definition) is 0. The van der Waals surface area contributed by atoms with Crippen LogP contribution in [0.4, 0.5) is 0 Å². The molecule has 4 heteroatoms. The lowest BCUT2D eigenvalue weighted by Gasteiger charge is -2.12. The minimum atomic E-state index is 0.649. The maximum atomic E-state index is 5.28. The van der Waals surface area contributed by atoms with Crippen molar-refractivity contribution in [2.45, 2.75) is 0 Å². The van der Waals surface area contributed by atoms with E-state index in [-0.39, 0.29) is 0 Å². The lowest BCUT2D eigenvalue weighted by atomic mass is 10.1. The van der Waals surface area contributed by atoms with E-state index in [1.54, 1.807) is 0 Å². The Bertz CT molecular complexity index is 2420. The second-order valence-corrected chi connectivity index (χ2v) is 11.1. The molecule has 0 unspecified atom stereocenters. The number of aromatic nitrogens is 4. The summed E-state index contributed by atoms with van der Waals surface area (Å²) in [4.78, 5) is 10.6. The van der Waals surface area contributed by atoms with E-state index in [2.05, 4.69) is 155 Å². The van der Waals surface area contributed by atoms with Gasteiger partial charge in [0.25, 0.3) is 0 Å². The molecule has 4 nitrogen and oxygen atoms in total. The highest BCUT2D eigenvalue weighted by molar-refractivity contribution is 6.26. The monoisotopic (exact) mass is 562 g/mol. The molecule has 44 heavy (non-hydrogen) atoms. The minimum absolute atomic E-state index is 0.649. The van der Waals surface area contributed by atoms with Crippen LogP contribution in [0.5, 0.6) is 0 Å². The summed E-state index contributed by atoms with van der Waals surface area (Å²) in [6, 6.07) is 55.2. The summed E-state index contributed by atoms with van der Waals surface area (Å²) >= 11 is 0. The summed E-state index contributed by atoms with van der Waals surface area (Å²) in [7, 11) is 0. The molecule has 9 aromatic rings. The summed E-state index contributed by atoms with van der Waals surface area (Å²) in [6.45, 7) is 0. The number of para-hydroxylation sites is 2. The summed E-state index contributed by atoms with van der Waals surface area (Å²) in [5.74, 6) is 0.649. The number of hydrogen-bond acceptors (Lipinski definition) is 2. The van der Waals surface area contributed by atoms with Crippen molar-refractivity contribution in [2.24, 2.45) is 0 Å². The average Bonchev–Trinajstić information content (AvgIpc) is 3.62. The van der Waals surface area contributed by atoms with Crippen molar-refractivity contribution in [2.75, 3.05) is 0 Å². The predicted octanol–water partition coefficient (Wildman–Crippen LogP) is 10.0. The van der Waals surface area contributed by atoms with Crippen LogP contribution in [0.25, 0.3) is 77.8 Å². The summed E-state index contributed by atoms with van der Waals surface area (Å²) in [6.07, 6.45) is 0. The van der Waals surface area contributed by atoms with Gasteiger partial charge < -0.3 is 4.57 Å². The van der Waals surface area contributed by atoms with Crippen LogP contribution in [-0.4, -0.2) is 19.1 Å². The van der Waals surface area contributed by atoms with E-state index in [9.17, 15) is 0 Å². The fourth-order valence-electron chi connectivity index (χ4n) is 6.60. The van der Waals surface area contributed by atoms with Crippen LogP contribution < -0.4 is 0 Å². The zero-order valence-corrected chi connectivity index (χ0v) is 23.8. The van der Waals surface area contributed by atoms with Gasteiger partial charge in [-0.1, -0.05) is 127 Å². The molecule has 0 N–H and O–H groups in total. The van der Waals surface area contributed by atoms with Crippen LogP contribution in [0.3, 0.4) is 0 Å². The van der Waals surface area contributed by atoms with E-state index >= 15 is 0 Å². The van der Waals surface area contributed by atoms with E-state index in [1.165, 1.54) is 16.2 Å². The van der Waals surface area contributed by atoms with Gasteiger partial charge in [0.1, 0.15) is 0 Å². The van der Waals surface area contributed by atoms with Crippen molar-refractivity contribution in [3.05, 3.63) is 158 Å². The number of nitrogens with zero attached hydrogens (tertiary/aromatic N) is 4. The molecule has 0 fully saturated rings. The summed E-state index contributed by atoms with van der Waals surface area (Å²) in [5.41, 5.74) is 9.47. The molecule has 206 valence electrons. The van der Waals surface area contributed by atoms with Gasteiger partial charge >= 0.3 is 0 Å². The SMILES string of the molecule is c1ccc(-c2cc(-c3ccccc3)nc(-n3c4ccc5ccccc5c4c4c3c3ccccc3n4-c3ccccc3)n2)cc1. The minimum Gasteiger partial charge on any atom is -0.307 e. The fraction of sp³-hybridized carbons (Fsp3) is 0. The van der Waals surface area contributed by atoms with Gasteiger partial charge in [-0.2, -0.15) is 0 Å². The lowest BCUT2D eigenvalue weighted by Crippen LogP contribution is -2.04. The van der Waals surface area contributed by atoms with Crippen LogP contribution >= 0.6 is 0 Å². The molecule has 6 aromatic carbocycles. The molecule has 3 heterocycles. The molecule has 0 amide bonds. The molecular weight excluding hydrogens is 536 g/mol. The maximum Gasteiger partial charge on any atom is 0.235 e. The third-order valence-electron chi connectivity index (χ3n) is 8.52. The Labute approximate surface area is 254 Å². The molecule has 0 radical (unpaired) electrons. The first-order valence-electron chi connectivity index (χ1n) is 14.9. The van der Waals surface area contributed by atoms with Gasteiger partial charge in [0, 0.05) is 27.6 Å². The van der Waals surface area contributed by atoms with Crippen LogP contribution in [0.15, 0.2) is 158 Å². The normalized spacial score (nSPS) is 11.6. The standard InChI is InChI=1S/C40H26N4/c1-4-15-28(16-5-1)33-26-34(29-17-6-2-7-18-29)42-40(41-33)44-36-25-24-27-14-10-11-21-31(27)37(36)39-38(44)32-22-12-13-23-35(32)43(39)30-19-8-3-9-20-30/h1-26H. The van der Waals surface area contributed by atoms with Gasteiger partial charge in [-0.05, 0) is 41.1 Å². The van der Waals surface area contributed by atoms with Crippen molar-refractivity contribution in [1.82, 2.24) is 19.1 Å². The summed E-state index contributed by atoms with van der Waals surface area (Å²) < 4.78 is 4.67. The van der Waals surface area contributed by atoms with Crippen molar-refractivity contribution >= 4 is 43.6 Å². The third-order valence-corrected chi connectivity index (χ3v) is 8.52. The van der Waals surface area contributed by atoms with E-state index < -0.39 is 0 Å². The van der Waals surface area contributed by atoms with Crippen LogP contribution in [0.1, 0.15) is 0 Å². The second kappa shape index (κ2) is 9.79. The first-order chi connectivity index (χ1) is 21.8. The van der Waals surface area contributed by atoms with Crippen molar-refractivity contribution in [3.63, 3.8) is 0 Å². The van der Waals surface area contributed by atoms with Gasteiger partial charge in [0.2, 0.25) is 5.95 Å². The van der Waals surface area contributed by atoms with Gasteiger partial charge in [0.05, 0.1) is 33.5 Å². The molecule has 0 spiro atoms. The van der Waals surface area contributed by atoms with Crippen LogP contribution in [0.2, 0.25) is 0 Å². The molecule has 9 rings (SSSR count). The first kappa shape index (κ1) is 24.6. The Balaban J connectivity index is 1.49. The average molecular weight is 563 g/mol. The van der Waals surface area contributed by atoms with Gasteiger partial charge in [-0.3, -0.25) is 4.57 Å². The van der Waals surface area contributed by atoms with Crippen molar-refractivity contribution in [1.29, 1.82) is 0 Å². The van der Waals surface area contributed by atoms with E-state index in [4.69, 9.17) is 9.97 Å². The highest BCUT2D eigenvalue weighted by Crippen LogP contribution is 2.43. The molecule has 0 atom stereocenters. The highest BCUT2D eigenvalue weighted by atomic mass is 15.2. The number of fused-ring (bicyclic) bond motifs is 7. The molecule has 0 bridgehead atoms. The Morgan fingerprint density at radius 3 is 1.66 bits per heavy atom. The molecule has 0 aliphatic carbocycles. The van der Waals surface area contributed by atoms with Gasteiger partial charge in [-0.25, -0.2) is 9.97 Å². The first-order valence-corrected chi connectivity index (χ1v) is 14.9. The number of benzene rings is 6. The van der Waals surface area contributed by atoms with Crippen LogP contribution in [0, 0.1) is 0 Å². The third kappa shape index (κ3) is 3.71. The number of rotatable bonds is 4. The molecule has 0 aliphatic heterocycles. The maximum absolute atomic E-state index is 5.28. The molecular formula is C40H26N4. The van der Waals surface area contributed by atoms with E-state index in [0.717, 1.165) is 55.7 Å². The fourth-order valence-corrected chi connectivity index (χ4v) is 6.60. The van der Waals surface area contributed by atoms with Gasteiger partial charge in [0.15, 0.2) is 0 Å². The topological polar surface area (TPSA) is 35.6 Å². The Kier molecular flexibility index (Phi) is 5.47. The molecule has 0 saturated carbocycles. The predicted molar refractivity (Wildman–Crippen MR) is 182 cm³/mol. The Morgan fingerprint density at radius 1 is 0.409 bits per heavy atom. The van der Waals surface area contributed by atoms with Crippen LogP contribution in [-0.2, 0) is 0 Å². The zero-order chi connectivity index (χ0) is 29.0.